The average Bonchev–Trinajstić information content (AvgIpc) is 3.31. The lowest BCUT2D eigenvalue weighted by atomic mass is 10.2. The van der Waals surface area contributed by atoms with Crippen molar-refractivity contribution in [2.75, 3.05) is 31.1 Å². The van der Waals surface area contributed by atoms with Crippen LogP contribution in [-0.2, 0) is 6.54 Å². The fraction of sp³-hybridized carbons (Fsp3) is 0.267. The van der Waals surface area contributed by atoms with Gasteiger partial charge in [0.15, 0.2) is 11.5 Å². The first-order valence-corrected chi connectivity index (χ1v) is 8.25. The standard InChI is InChI=1S/C15H16N6O2S/c1-21(2)15-18-14(19-20-15)16-6-10-7-24-13(17-10)9-3-4-11-12(5-9)23-8-22-11/h3-5,7H,6,8H2,1-2H3,(H2,16,18,19,20). The zero-order valence-electron chi connectivity index (χ0n) is 13.2. The van der Waals surface area contributed by atoms with E-state index in [-0.39, 0.29) is 6.79 Å². The summed E-state index contributed by atoms with van der Waals surface area (Å²) in [5, 5.41) is 13.1. The number of nitrogens with one attached hydrogen (secondary N) is 2. The van der Waals surface area contributed by atoms with Gasteiger partial charge < -0.3 is 19.7 Å². The van der Waals surface area contributed by atoms with E-state index in [1.807, 2.05) is 42.6 Å². The zero-order chi connectivity index (χ0) is 16.5. The summed E-state index contributed by atoms with van der Waals surface area (Å²) in [5.41, 5.74) is 1.96. The minimum Gasteiger partial charge on any atom is -0.454 e. The summed E-state index contributed by atoms with van der Waals surface area (Å²) in [6.07, 6.45) is 0. The largest absolute Gasteiger partial charge is 0.454 e. The first-order valence-electron chi connectivity index (χ1n) is 7.37. The molecule has 1 aliphatic rings. The molecule has 0 bridgehead atoms. The molecule has 24 heavy (non-hydrogen) atoms. The Bertz CT molecular complexity index is 859. The summed E-state index contributed by atoms with van der Waals surface area (Å²) in [4.78, 5) is 10.8. The highest BCUT2D eigenvalue weighted by atomic mass is 32.1. The maximum Gasteiger partial charge on any atom is 0.245 e. The number of ether oxygens (including phenoxy) is 2. The van der Waals surface area contributed by atoms with Gasteiger partial charge in [-0.05, 0) is 18.2 Å². The summed E-state index contributed by atoms with van der Waals surface area (Å²) in [6, 6.07) is 5.86. The number of rotatable bonds is 5. The Morgan fingerprint density at radius 2 is 2.12 bits per heavy atom. The molecule has 3 aromatic rings. The van der Waals surface area contributed by atoms with Crippen molar-refractivity contribution < 1.29 is 9.47 Å². The second-order valence-electron chi connectivity index (χ2n) is 5.44. The number of hydrogen-bond acceptors (Lipinski definition) is 8. The Kier molecular flexibility index (Phi) is 3.69. The second kappa shape index (κ2) is 6.00. The molecule has 0 radical (unpaired) electrons. The van der Waals surface area contributed by atoms with Gasteiger partial charge in [0, 0.05) is 25.0 Å². The lowest BCUT2D eigenvalue weighted by Crippen LogP contribution is -2.10. The molecule has 0 fully saturated rings. The van der Waals surface area contributed by atoms with Crippen LogP contribution in [0.3, 0.4) is 0 Å². The van der Waals surface area contributed by atoms with Crippen LogP contribution < -0.4 is 19.7 Å². The van der Waals surface area contributed by atoms with Crippen molar-refractivity contribution in [2.24, 2.45) is 0 Å². The molecule has 8 nitrogen and oxygen atoms in total. The first kappa shape index (κ1) is 14.8. The SMILES string of the molecule is CN(C)c1n[nH]c(NCc2csc(-c3ccc4c(c3)OCO4)n2)n1. The number of anilines is 2. The predicted molar refractivity (Wildman–Crippen MR) is 91.7 cm³/mol. The van der Waals surface area contributed by atoms with Crippen molar-refractivity contribution in [1.29, 1.82) is 0 Å². The molecular formula is C15H16N6O2S. The molecule has 0 unspecified atom stereocenters. The van der Waals surface area contributed by atoms with E-state index in [2.05, 4.69) is 25.5 Å². The van der Waals surface area contributed by atoms with Gasteiger partial charge in [-0.1, -0.05) is 0 Å². The topological polar surface area (TPSA) is 88.2 Å². The molecule has 2 N–H and O–H groups in total. The smallest absolute Gasteiger partial charge is 0.245 e. The molecule has 1 aromatic carbocycles. The van der Waals surface area contributed by atoms with Crippen LogP contribution in [0.1, 0.15) is 5.69 Å². The molecule has 0 amide bonds. The monoisotopic (exact) mass is 344 g/mol. The number of hydrogen-bond donors (Lipinski definition) is 2. The number of H-pyrrole nitrogens is 1. The Labute approximate surface area is 142 Å². The van der Waals surface area contributed by atoms with Gasteiger partial charge in [0.25, 0.3) is 0 Å². The van der Waals surface area contributed by atoms with E-state index < -0.39 is 0 Å². The summed E-state index contributed by atoms with van der Waals surface area (Å²) in [5.74, 6) is 2.80. The fourth-order valence-electron chi connectivity index (χ4n) is 2.26. The van der Waals surface area contributed by atoms with Crippen LogP contribution >= 0.6 is 11.3 Å². The Morgan fingerprint density at radius 1 is 1.25 bits per heavy atom. The minimum atomic E-state index is 0.276. The predicted octanol–water partition coefficient (Wildman–Crippen LogP) is 2.33. The average molecular weight is 344 g/mol. The molecule has 124 valence electrons. The van der Waals surface area contributed by atoms with Crippen molar-refractivity contribution in [3.05, 3.63) is 29.3 Å². The summed E-state index contributed by atoms with van der Waals surface area (Å²) < 4.78 is 10.7. The van der Waals surface area contributed by atoms with Crippen LogP contribution in [0.15, 0.2) is 23.6 Å². The van der Waals surface area contributed by atoms with Crippen molar-refractivity contribution >= 4 is 23.2 Å². The summed E-state index contributed by atoms with van der Waals surface area (Å²) >= 11 is 1.59. The third kappa shape index (κ3) is 2.85. The van der Waals surface area contributed by atoms with E-state index in [1.165, 1.54) is 0 Å². The van der Waals surface area contributed by atoms with Crippen molar-refractivity contribution in [1.82, 2.24) is 20.2 Å². The Balaban J connectivity index is 1.44. The van der Waals surface area contributed by atoms with E-state index in [9.17, 15) is 0 Å². The van der Waals surface area contributed by atoms with E-state index in [0.717, 1.165) is 27.8 Å². The van der Waals surface area contributed by atoms with E-state index in [4.69, 9.17) is 9.47 Å². The second-order valence-corrected chi connectivity index (χ2v) is 6.30. The van der Waals surface area contributed by atoms with E-state index >= 15 is 0 Å². The van der Waals surface area contributed by atoms with Gasteiger partial charge in [-0.25, -0.2) is 10.1 Å². The Hall–Kier alpha value is -2.81. The molecule has 0 saturated heterocycles. The molecule has 4 rings (SSSR count). The van der Waals surface area contributed by atoms with Crippen LogP contribution in [0.25, 0.3) is 10.6 Å². The van der Waals surface area contributed by atoms with Crippen LogP contribution in [0.2, 0.25) is 0 Å². The number of fused-ring (bicyclic) bond motifs is 1. The fourth-order valence-corrected chi connectivity index (χ4v) is 3.07. The minimum absolute atomic E-state index is 0.276. The molecular weight excluding hydrogens is 328 g/mol. The van der Waals surface area contributed by atoms with Crippen molar-refractivity contribution in [3.8, 4) is 22.1 Å². The van der Waals surface area contributed by atoms with E-state index in [0.29, 0.717) is 18.4 Å². The maximum absolute atomic E-state index is 5.41. The van der Waals surface area contributed by atoms with Gasteiger partial charge in [-0.3, -0.25) is 0 Å². The molecule has 1 aliphatic heterocycles. The highest BCUT2D eigenvalue weighted by Gasteiger charge is 2.15. The lowest BCUT2D eigenvalue weighted by molar-refractivity contribution is 0.174. The molecule has 0 saturated carbocycles. The van der Waals surface area contributed by atoms with Crippen LogP contribution in [0.4, 0.5) is 11.9 Å². The molecule has 0 spiro atoms. The molecule has 9 heteroatoms. The first-order chi connectivity index (χ1) is 11.7. The van der Waals surface area contributed by atoms with Gasteiger partial charge in [-0.15, -0.1) is 16.4 Å². The third-order valence-corrected chi connectivity index (χ3v) is 4.42. The number of benzene rings is 1. The highest BCUT2D eigenvalue weighted by molar-refractivity contribution is 7.13. The molecule has 0 atom stereocenters. The van der Waals surface area contributed by atoms with Gasteiger partial charge in [0.1, 0.15) is 5.01 Å². The summed E-state index contributed by atoms with van der Waals surface area (Å²) in [6.45, 7) is 0.848. The number of thiazole rings is 1. The zero-order valence-corrected chi connectivity index (χ0v) is 14.1. The maximum atomic E-state index is 5.41. The number of aromatic amines is 1. The lowest BCUT2D eigenvalue weighted by Gasteiger charge is -2.03. The summed E-state index contributed by atoms with van der Waals surface area (Å²) in [7, 11) is 3.79. The highest BCUT2D eigenvalue weighted by Crippen LogP contribution is 2.36. The molecule has 2 aromatic heterocycles. The molecule has 3 heterocycles. The van der Waals surface area contributed by atoms with Gasteiger partial charge >= 0.3 is 0 Å². The van der Waals surface area contributed by atoms with E-state index in [1.54, 1.807) is 11.3 Å². The van der Waals surface area contributed by atoms with Gasteiger partial charge in [-0.2, -0.15) is 4.98 Å². The Morgan fingerprint density at radius 3 is 2.96 bits per heavy atom. The number of aromatic nitrogens is 4. The third-order valence-electron chi connectivity index (χ3n) is 3.48. The van der Waals surface area contributed by atoms with Gasteiger partial charge in [0.05, 0.1) is 12.2 Å². The van der Waals surface area contributed by atoms with Crippen molar-refractivity contribution in [3.63, 3.8) is 0 Å². The molecule has 0 aliphatic carbocycles. The number of nitrogens with zero attached hydrogens (tertiary/aromatic N) is 4. The quantitative estimate of drug-likeness (QED) is 0.734. The van der Waals surface area contributed by atoms with Crippen molar-refractivity contribution in [2.45, 2.75) is 6.54 Å². The normalized spacial score (nSPS) is 12.4. The van der Waals surface area contributed by atoms with Crippen LogP contribution in [-0.4, -0.2) is 41.1 Å². The van der Waals surface area contributed by atoms with Crippen LogP contribution in [0.5, 0.6) is 11.5 Å². The van der Waals surface area contributed by atoms with Gasteiger partial charge in [0.2, 0.25) is 18.7 Å². The van der Waals surface area contributed by atoms with Crippen LogP contribution in [0, 0.1) is 0 Å².